The lowest BCUT2D eigenvalue weighted by Gasteiger charge is -2.65. The number of anilines is 2. The third-order valence-corrected chi connectivity index (χ3v) is 6.22. The van der Waals surface area contributed by atoms with E-state index in [0.717, 1.165) is 23.0 Å². The number of pyridine rings is 1. The number of aromatic nitrogens is 1. The number of rotatable bonds is 2. The van der Waals surface area contributed by atoms with Crippen molar-refractivity contribution in [1.29, 1.82) is 0 Å². The van der Waals surface area contributed by atoms with Gasteiger partial charge in [-0.25, -0.2) is 4.98 Å². The number of nitrogens with zero attached hydrogens (tertiary/aromatic N) is 1. The van der Waals surface area contributed by atoms with Gasteiger partial charge in [0, 0.05) is 11.7 Å². The molecule has 3 N–H and O–H groups in total. The van der Waals surface area contributed by atoms with Crippen LogP contribution in [0.2, 0.25) is 0 Å². The molecule has 5 rings (SSSR count). The molecule has 0 radical (unpaired) electrons. The summed E-state index contributed by atoms with van der Waals surface area (Å²) in [5.74, 6) is 1.79. The lowest BCUT2D eigenvalue weighted by Crippen LogP contribution is -2.61. The second-order valence-corrected chi connectivity index (χ2v) is 8.93. The topological polar surface area (TPSA) is 50.9 Å². The van der Waals surface area contributed by atoms with Crippen LogP contribution >= 0.6 is 0 Å². The Bertz CT molecular complexity index is 576. The summed E-state index contributed by atoms with van der Waals surface area (Å²) in [6.07, 6.45) is 9.97. The molecule has 2 atom stereocenters. The van der Waals surface area contributed by atoms with E-state index in [1.165, 1.54) is 38.5 Å². The molecule has 0 amide bonds. The van der Waals surface area contributed by atoms with Crippen LogP contribution in [-0.4, -0.2) is 10.5 Å². The van der Waals surface area contributed by atoms with Gasteiger partial charge in [-0.3, -0.25) is 0 Å². The average Bonchev–Trinajstić information content (AvgIpc) is 2.30. The Kier molecular flexibility index (Phi) is 2.51. The highest BCUT2D eigenvalue weighted by atomic mass is 15.1. The molecule has 0 spiro atoms. The minimum absolute atomic E-state index is 0.220. The van der Waals surface area contributed by atoms with Crippen LogP contribution in [0.3, 0.4) is 0 Å². The highest BCUT2D eigenvalue weighted by Crippen LogP contribution is 2.66. The molecule has 4 aliphatic rings. The van der Waals surface area contributed by atoms with Gasteiger partial charge >= 0.3 is 0 Å². The van der Waals surface area contributed by atoms with Gasteiger partial charge in [-0.2, -0.15) is 0 Å². The molecule has 3 nitrogen and oxygen atoms in total. The lowest BCUT2D eigenvalue weighted by atomic mass is 9.43. The van der Waals surface area contributed by atoms with Crippen molar-refractivity contribution in [2.75, 3.05) is 11.1 Å². The largest absolute Gasteiger partial charge is 0.396 e. The molecule has 1 aromatic heterocycles. The number of hydrogen-bond donors (Lipinski definition) is 2. The van der Waals surface area contributed by atoms with Gasteiger partial charge in [0.15, 0.2) is 0 Å². The molecule has 0 aromatic carbocycles. The maximum atomic E-state index is 6.25. The molecule has 4 fully saturated rings. The van der Waals surface area contributed by atoms with E-state index in [1.807, 2.05) is 12.3 Å². The Morgan fingerprint density at radius 3 is 2.43 bits per heavy atom. The number of aryl methyl sites for hydroxylation is 1. The van der Waals surface area contributed by atoms with E-state index >= 15 is 0 Å². The maximum absolute atomic E-state index is 6.25. The summed E-state index contributed by atoms with van der Waals surface area (Å²) in [6.45, 7) is 7.06. The Morgan fingerprint density at radius 1 is 1.14 bits per heavy atom. The van der Waals surface area contributed by atoms with Crippen LogP contribution in [-0.2, 0) is 0 Å². The zero-order valence-electron chi connectivity index (χ0n) is 13.5. The first-order valence-electron chi connectivity index (χ1n) is 8.30. The minimum atomic E-state index is 0.220. The van der Waals surface area contributed by atoms with Gasteiger partial charge in [-0.1, -0.05) is 13.8 Å². The predicted octanol–water partition coefficient (Wildman–Crippen LogP) is 4.13. The number of hydrogen-bond acceptors (Lipinski definition) is 3. The smallest absolute Gasteiger partial charge is 0.149 e. The second kappa shape index (κ2) is 3.93. The average molecular weight is 285 g/mol. The van der Waals surface area contributed by atoms with Crippen LogP contribution in [0.25, 0.3) is 0 Å². The molecule has 4 aliphatic carbocycles. The summed E-state index contributed by atoms with van der Waals surface area (Å²) in [6, 6.07) is 1.99. The van der Waals surface area contributed by atoms with Crippen molar-refractivity contribution >= 4 is 11.5 Å². The van der Waals surface area contributed by atoms with Gasteiger partial charge in [0.2, 0.25) is 0 Å². The van der Waals surface area contributed by atoms with E-state index in [4.69, 9.17) is 5.73 Å². The fraction of sp³-hybridized carbons (Fsp3) is 0.722. The summed E-state index contributed by atoms with van der Waals surface area (Å²) < 4.78 is 0. The van der Waals surface area contributed by atoms with Gasteiger partial charge in [0.1, 0.15) is 5.82 Å². The fourth-order valence-electron chi connectivity index (χ4n) is 6.51. The van der Waals surface area contributed by atoms with Gasteiger partial charge in [-0.15, -0.1) is 0 Å². The Labute approximate surface area is 127 Å². The third-order valence-electron chi connectivity index (χ3n) is 6.22. The Balaban J connectivity index is 1.70. The van der Waals surface area contributed by atoms with Gasteiger partial charge in [0.05, 0.1) is 5.69 Å². The van der Waals surface area contributed by atoms with Gasteiger partial charge in [0.25, 0.3) is 0 Å². The first-order chi connectivity index (χ1) is 9.81. The van der Waals surface area contributed by atoms with Crippen molar-refractivity contribution in [3.8, 4) is 0 Å². The highest BCUT2D eigenvalue weighted by molar-refractivity contribution is 5.66. The van der Waals surface area contributed by atoms with Crippen LogP contribution < -0.4 is 11.1 Å². The zero-order chi connectivity index (χ0) is 14.9. The minimum Gasteiger partial charge on any atom is -0.396 e. The standard InChI is InChI=1S/C18H27N3/c1-12-4-5-20-15(14(12)19)21-18-8-13-6-16(2,10-18)9-17(3,7-13)11-18/h4-5,13H,6-11,19H2,1-3H3,(H,20,21). The monoisotopic (exact) mass is 285 g/mol. The first-order valence-corrected chi connectivity index (χ1v) is 8.30. The first kappa shape index (κ1) is 13.4. The van der Waals surface area contributed by atoms with Crippen LogP contribution in [0.4, 0.5) is 11.5 Å². The fourth-order valence-corrected chi connectivity index (χ4v) is 6.51. The molecule has 4 saturated carbocycles. The van der Waals surface area contributed by atoms with Crippen LogP contribution in [0.15, 0.2) is 12.3 Å². The van der Waals surface area contributed by atoms with Crippen molar-refractivity contribution < 1.29 is 0 Å². The maximum Gasteiger partial charge on any atom is 0.149 e. The summed E-state index contributed by atoms with van der Waals surface area (Å²) in [5, 5.41) is 3.81. The molecule has 1 heterocycles. The normalized spacial score (nSPS) is 44.0. The Morgan fingerprint density at radius 2 is 1.81 bits per heavy atom. The van der Waals surface area contributed by atoms with Crippen molar-refractivity contribution in [2.45, 2.75) is 64.8 Å². The second-order valence-electron chi connectivity index (χ2n) is 8.93. The summed E-state index contributed by atoms with van der Waals surface area (Å²) in [4.78, 5) is 4.52. The molecule has 0 aliphatic heterocycles. The van der Waals surface area contributed by atoms with E-state index in [2.05, 4.69) is 31.1 Å². The molecular formula is C18H27N3. The summed E-state index contributed by atoms with van der Waals surface area (Å²) >= 11 is 0. The molecule has 3 heteroatoms. The van der Waals surface area contributed by atoms with Crippen molar-refractivity contribution in [3.63, 3.8) is 0 Å². The highest BCUT2D eigenvalue weighted by Gasteiger charge is 2.60. The van der Waals surface area contributed by atoms with Crippen molar-refractivity contribution in [1.82, 2.24) is 4.98 Å². The molecule has 2 unspecified atom stereocenters. The molecule has 0 saturated heterocycles. The number of nitrogens with one attached hydrogen (secondary N) is 1. The van der Waals surface area contributed by atoms with E-state index in [-0.39, 0.29) is 5.54 Å². The summed E-state index contributed by atoms with van der Waals surface area (Å²) in [5.41, 5.74) is 9.44. The van der Waals surface area contributed by atoms with Gasteiger partial charge in [-0.05, 0) is 73.8 Å². The quantitative estimate of drug-likeness (QED) is 0.859. The van der Waals surface area contributed by atoms with Crippen LogP contribution in [0, 0.1) is 23.7 Å². The third kappa shape index (κ3) is 2.04. The van der Waals surface area contributed by atoms with Crippen LogP contribution in [0.5, 0.6) is 0 Å². The van der Waals surface area contributed by atoms with Crippen molar-refractivity contribution in [2.24, 2.45) is 16.7 Å². The molecule has 21 heavy (non-hydrogen) atoms. The zero-order valence-corrected chi connectivity index (χ0v) is 13.5. The van der Waals surface area contributed by atoms with Crippen molar-refractivity contribution in [3.05, 3.63) is 17.8 Å². The van der Waals surface area contributed by atoms with Gasteiger partial charge < -0.3 is 11.1 Å². The Hall–Kier alpha value is -1.25. The molecule has 4 bridgehead atoms. The van der Waals surface area contributed by atoms with E-state index in [1.54, 1.807) is 0 Å². The van der Waals surface area contributed by atoms with E-state index in [9.17, 15) is 0 Å². The molecular weight excluding hydrogens is 258 g/mol. The summed E-state index contributed by atoms with van der Waals surface area (Å²) in [7, 11) is 0. The predicted molar refractivity (Wildman–Crippen MR) is 87.1 cm³/mol. The molecule has 114 valence electrons. The lowest BCUT2D eigenvalue weighted by molar-refractivity contribution is -0.0973. The number of nitrogen functional groups attached to an aromatic ring is 1. The molecule has 1 aromatic rings. The van der Waals surface area contributed by atoms with E-state index < -0.39 is 0 Å². The van der Waals surface area contributed by atoms with E-state index in [0.29, 0.717) is 10.8 Å². The SMILES string of the molecule is Cc1ccnc(NC23CC4CC(C)(CC(C)(C4)C2)C3)c1N. The number of nitrogens with two attached hydrogens (primary N) is 1. The van der Waals surface area contributed by atoms with Crippen LogP contribution in [0.1, 0.15) is 57.9 Å².